The van der Waals surface area contributed by atoms with Gasteiger partial charge >= 0.3 is 0 Å². The quantitative estimate of drug-likeness (QED) is 0.563. The normalized spacial score (nSPS) is 34.5. The van der Waals surface area contributed by atoms with Crippen LogP contribution >= 0.6 is 0 Å². The topological polar surface area (TPSA) is 44.3 Å². The summed E-state index contributed by atoms with van der Waals surface area (Å²) in [6.45, 7) is 1.87. The lowest BCUT2D eigenvalue weighted by Gasteiger charge is -2.26. The van der Waals surface area contributed by atoms with E-state index in [0.29, 0.717) is 0 Å². The molecule has 0 amide bonds. The van der Waals surface area contributed by atoms with Gasteiger partial charge in [0, 0.05) is 12.2 Å². The number of hydrogen-bond acceptors (Lipinski definition) is 3. The van der Waals surface area contributed by atoms with Gasteiger partial charge in [0.15, 0.2) is 0 Å². The monoisotopic (exact) mass is 190 g/mol. The summed E-state index contributed by atoms with van der Waals surface area (Å²) >= 11 is 0. The van der Waals surface area contributed by atoms with Crippen molar-refractivity contribution in [3.8, 4) is 0 Å². The van der Waals surface area contributed by atoms with Gasteiger partial charge in [-0.3, -0.25) is 0 Å². The molecule has 1 fully saturated rings. The summed E-state index contributed by atoms with van der Waals surface area (Å²) in [5.41, 5.74) is 2.26. The van der Waals surface area contributed by atoms with Gasteiger partial charge in [0.2, 0.25) is 0 Å². The van der Waals surface area contributed by atoms with Crippen LogP contribution in [0.1, 0.15) is 12.0 Å². The van der Waals surface area contributed by atoms with Crippen molar-refractivity contribution < 1.29 is 5.11 Å². The van der Waals surface area contributed by atoms with Gasteiger partial charge in [-0.15, -0.1) is 0 Å². The Morgan fingerprint density at radius 1 is 1.36 bits per heavy atom. The van der Waals surface area contributed by atoms with Crippen LogP contribution in [0.3, 0.4) is 0 Å². The summed E-state index contributed by atoms with van der Waals surface area (Å²) in [4.78, 5) is 0. The minimum absolute atomic E-state index is 0.0867. The van der Waals surface area contributed by atoms with Gasteiger partial charge in [-0.2, -0.15) is 0 Å². The van der Waals surface area contributed by atoms with Crippen molar-refractivity contribution in [1.82, 2.24) is 5.32 Å². The van der Waals surface area contributed by atoms with Crippen LogP contribution < -0.4 is 10.6 Å². The zero-order valence-corrected chi connectivity index (χ0v) is 7.96. The van der Waals surface area contributed by atoms with Gasteiger partial charge in [0.25, 0.3) is 0 Å². The second-order valence-corrected chi connectivity index (χ2v) is 4.18. The van der Waals surface area contributed by atoms with Crippen molar-refractivity contribution in [2.45, 2.75) is 18.1 Å². The minimum Gasteiger partial charge on any atom is -0.373 e. The number of nitrogens with one attached hydrogen (secondary N) is 2. The first-order valence-corrected chi connectivity index (χ1v) is 5.08. The first-order valence-electron chi connectivity index (χ1n) is 5.08. The molecular formula is C11H14N2O. The van der Waals surface area contributed by atoms with Crippen molar-refractivity contribution >= 4 is 5.69 Å². The van der Waals surface area contributed by atoms with Gasteiger partial charge < -0.3 is 15.7 Å². The molecule has 2 atom stereocenters. The summed E-state index contributed by atoms with van der Waals surface area (Å²) in [7, 11) is 0. The molecule has 3 nitrogen and oxygen atoms in total. The molecular weight excluding hydrogens is 176 g/mol. The highest BCUT2D eigenvalue weighted by Crippen LogP contribution is 2.43. The SMILES string of the molecule is OC1Nc2ccccc2C12CCNC2. The predicted molar refractivity (Wildman–Crippen MR) is 55.2 cm³/mol. The van der Waals surface area contributed by atoms with Crippen molar-refractivity contribution in [3.63, 3.8) is 0 Å². The third-order valence-electron chi connectivity index (χ3n) is 3.47. The van der Waals surface area contributed by atoms with Crippen LogP contribution in [0.25, 0.3) is 0 Å². The molecule has 2 aliphatic heterocycles. The summed E-state index contributed by atoms with van der Waals surface area (Å²) in [5.74, 6) is 0. The smallest absolute Gasteiger partial charge is 0.135 e. The lowest BCUT2D eigenvalue weighted by molar-refractivity contribution is 0.127. The Balaban J connectivity index is 2.14. The zero-order chi connectivity index (χ0) is 9.60. The highest BCUT2D eigenvalue weighted by Gasteiger charge is 2.47. The maximum atomic E-state index is 10.0. The Kier molecular flexibility index (Phi) is 1.60. The fourth-order valence-electron chi connectivity index (χ4n) is 2.65. The van der Waals surface area contributed by atoms with E-state index >= 15 is 0 Å². The summed E-state index contributed by atoms with van der Waals surface area (Å²) in [6, 6.07) is 8.19. The Morgan fingerprint density at radius 3 is 3.00 bits per heavy atom. The van der Waals surface area contributed by atoms with Crippen LogP contribution in [-0.2, 0) is 5.41 Å². The molecule has 0 aliphatic carbocycles. The van der Waals surface area contributed by atoms with Gasteiger partial charge in [0.1, 0.15) is 6.23 Å². The minimum atomic E-state index is -0.435. The molecule has 0 aromatic heterocycles. The van der Waals surface area contributed by atoms with Crippen LogP contribution in [0, 0.1) is 0 Å². The fraction of sp³-hybridized carbons (Fsp3) is 0.455. The molecule has 1 spiro atoms. The summed E-state index contributed by atoms with van der Waals surface area (Å²) < 4.78 is 0. The molecule has 2 heterocycles. The molecule has 1 aromatic carbocycles. The number of rotatable bonds is 0. The molecule has 3 rings (SSSR count). The van der Waals surface area contributed by atoms with E-state index in [4.69, 9.17) is 0 Å². The van der Waals surface area contributed by atoms with Crippen molar-refractivity contribution in [3.05, 3.63) is 29.8 Å². The molecule has 2 aliphatic rings. The number of fused-ring (bicyclic) bond motifs is 2. The van der Waals surface area contributed by atoms with Crippen LogP contribution in [-0.4, -0.2) is 24.4 Å². The highest BCUT2D eigenvalue weighted by atomic mass is 16.3. The third kappa shape index (κ3) is 0.885. The molecule has 74 valence electrons. The van der Waals surface area contributed by atoms with Crippen LogP contribution in [0.15, 0.2) is 24.3 Å². The Labute approximate surface area is 83.1 Å². The molecule has 3 heteroatoms. The van der Waals surface area contributed by atoms with E-state index in [1.807, 2.05) is 18.2 Å². The van der Waals surface area contributed by atoms with E-state index in [-0.39, 0.29) is 5.41 Å². The average Bonchev–Trinajstić information content (AvgIpc) is 2.77. The second kappa shape index (κ2) is 2.72. The van der Waals surface area contributed by atoms with Crippen molar-refractivity contribution in [2.24, 2.45) is 0 Å². The average molecular weight is 190 g/mol. The lowest BCUT2D eigenvalue weighted by Crippen LogP contribution is -2.40. The predicted octanol–water partition coefficient (Wildman–Crippen LogP) is 0.662. The number of anilines is 1. The van der Waals surface area contributed by atoms with E-state index < -0.39 is 6.23 Å². The van der Waals surface area contributed by atoms with Crippen molar-refractivity contribution in [2.75, 3.05) is 18.4 Å². The van der Waals surface area contributed by atoms with E-state index in [1.165, 1.54) is 5.56 Å². The van der Waals surface area contributed by atoms with E-state index in [1.54, 1.807) is 0 Å². The molecule has 0 saturated carbocycles. The first-order chi connectivity index (χ1) is 6.83. The standard InChI is InChI=1S/C11H14N2O/c14-10-11(5-6-12-7-11)8-3-1-2-4-9(8)13-10/h1-4,10,12-14H,5-7H2. The maximum Gasteiger partial charge on any atom is 0.135 e. The summed E-state index contributed by atoms with van der Waals surface area (Å²) in [5, 5.41) is 16.5. The molecule has 0 radical (unpaired) electrons. The Morgan fingerprint density at radius 2 is 2.21 bits per heavy atom. The largest absolute Gasteiger partial charge is 0.373 e. The number of hydrogen-bond donors (Lipinski definition) is 3. The number of para-hydroxylation sites is 1. The Bertz CT molecular complexity index is 358. The molecule has 3 N–H and O–H groups in total. The number of aliphatic hydroxyl groups is 1. The van der Waals surface area contributed by atoms with E-state index in [0.717, 1.165) is 25.2 Å². The van der Waals surface area contributed by atoms with E-state index in [2.05, 4.69) is 16.7 Å². The van der Waals surface area contributed by atoms with E-state index in [9.17, 15) is 5.11 Å². The first kappa shape index (κ1) is 8.26. The second-order valence-electron chi connectivity index (χ2n) is 4.18. The number of benzene rings is 1. The molecule has 14 heavy (non-hydrogen) atoms. The third-order valence-corrected chi connectivity index (χ3v) is 3.47. The Hall–Kier alpha value is -1.06. The highest BCUT2D eigenvalue weighted by molar-refractivity contribution is 5.61. The van der Waals surface area contributed by atoms with Gasteiger partial charge in [-0.05, 0) is 24.6 Å². The van der Waals surface area contributed by atoms with Gasteiger partial charge in [-0.25, -0.2) is 0 Å². The molecule has 2 unspecified atom stereocenters. The maximum absolute atomic E-state index is 10.0. The summed E-state index contributed by atoms with van der Waals surface area (Å²) in [6.07, 6.45) is 0.577. The molecule has 1 aromatic rings. The fourth-order valence-corrected chi connectivity index (χ4v) is 2.65. The van der Waals surface area contributed by atoms with Gasteiger partial charge in [-0.1, -0.05) is 18.2 Å². The van der Waals surface area contributed by atoms with Crippen LogP contribution in [0.5, 0.6) is 0 Å². The molecule has 0 bridgehead atoms. The lowest BCUT2D eigenvalue weighted by atomic mass is 9.80. The van der Waals surface area contributed by atoms with Crippen molar-refractivity contribution in [1.29, 1.82) is 0 Å². The van der Waals surface area contributed by atoms with Crippen LogP contribution in [0.2, 0.25) is 0 Å². The number of aliphatic hydroxyl groups excluding tert-OH is 1. The molecule has 1 saturated heterocycles. The van der Waals surface area contributed by atoms with Gasteiger partial charge in [0.05, 0.1) is 5.41 Å². The zero-order valence-electron chi connectivity index (χ0n) is 7.96. The van der Waals surface area contributed by atoms with Crippen LogP contribution in [0.4, 0.5) is 5.69 Å².